The lowest BCUT2D eigenvalue weighted by Crippen LogP contribution is -2.05. The Morgan fingerprint density at radius 3 is 2.60 bits per heavy atom. The third kappa shape index (κ3) is 2.18. The lowest BCUT2D eigenvalue weighted by molar-refractivity contribution is 0.508. The van der Waals surface area contributed by atoms with E-state index in [2.05, 4.69) is 6.42 Å². The third-order valence-corrected chi connectivity index (χ3v) is 3.02. The molecular formula is C13H13FN. The van der Waals surface area contributed by atoms with Crippen LogP contribution in [0.5, 0.6) is 0 Å². The van der Waals surface area contributed by atoms with Crippen LogP contribution in [0, 0.1) is 23.6 Å². The number of nitriles is 1. The highest BCUT2D eigenvalue weighted by Gasteiger charge is 2.16. The van der Waals surface area contributed by atoms with E-state index in [-0.39, 0.29) is 11.4 Å². The molecule has 1 fully saturated rings. The van der Waals surface area contributed by atoms with Gasteiger partial charge in [-0.15, -0.1) is 0 Å². The lowest BCUT2D eigenvalue weighted by atomic mass is 9.84. The van der Waals surface area contributed by atoms with Crippen LogP contribution in [-0.2, 0) is 0 Å². The molecule has 0 saturated heterocycles. The van der Waals surface area contributed by atoms with Gasteiger partial charge in [0, 0.05) is 0 Å². The quantitative estimate of drug-likeness (QED) is 0.683. The second kappa shape index (κ2) is 4.44. The van der Waals surface area contributed by atoms with E-state index in [0.717, 1.165) is 31.2 Å². The molecular weight excluding hydrogens is 189 g/mol. The Morgan fingerprint density at radius 2 is 2.00 bits per heavy atom. The fourth-order valence-electron chi connectivity index (χ4n) is 2.14. The first-order valence-corrected chi connectivity index (χ1v) is 5.32. The van der Waals surface area contributed by atoms with Gasteiger partial charge in [-0.25, -0.2) is 4.39 Å². The molecule has 0 atom stereocenters. The maximum atomic E-state index is 13.4. The molecule has 0 spiro atoms. The van der Waals surface area contributed by atoms with Gasteiger partial charge in [0.1, 0.15) is 11.9 Å². The van der Waals surface area contributed by atoms with E-state index in [0.29, 0.717) is 5.92 Å². The van der Waals surface area contributed by atoms with Gasteiger partial charge in [0.2, 0.25) is 0 Å². The number of benzene rings is 1. The zero-order chi connectivity index (χ0) is 10.7. The predicted molar refractivity (Wildman–Crippen MR) is 56.6 cm³/mol. The van der Waals surface area contributed by atoms with E-state index >= 15 is 0 Å². The van der Waals surface area contributed by atoms with E-state index in [1.54, 1.807) is 6.07 Å². The number of nitrogens with zero attached hydrogens (tertiary/aromatic N) is 1. The Balaban J connectivity index is 2.22. The van der Waals surface area contributed by atoms with Crippen LogP contribution in [-0.4, -0.2) is 0 Å². The second-order valence-electron chi connectivity index (χ2n) is 3.99. The van der Waals surface area contributed by atoms with Crippen molar-refractivity contribution in [1.82, 2.24) is 0 Å². The first-order valence-electron chi connectivity index (χ1n) is 5.32. The summed E-state index contributed by atoms with van der Waals surface area (Å²) < 4.78 is 13.4. The Kier molecular flexibility index (Phi) is 3.01. The van der Waals surface area contributed by atoms with Gasteiger partial charge in [-0.1, -0.05) is 6.07 Å². The van der Waals surface area contributed by atoms with E-state index in [1.165, 1.54) is 6.07 Å². The van der Waals surface area contributed by atoms with Crippen LogP contribution in [0.3, 0.4) is 0 Å². The predicted octanol–water partition coefficient (Wildman–Crippen LogP) is 3.56. The molecule has 15 heavy (non-hydrogen) atoms. The van der Waals surface area contributed by atoms with Crippen molar-refractivity contribution in [2.45, 2.75) is 31.6 Å². The molecule has 0 aromatic heterocycles. The number of halogens is 1. The fraction of sp³-hybridized carbons (Fsp3) is 0.385. The van der Waals surface area contributed by atoms with Crippen LogP contribution in [0.4, 0.5) is 4.39 Å². The van der Waals surface area contributed by atoms with Crippen molar-refractivity contribution in [3.63, 3.8) is 0 Å². The molecule has 1 aromatic carbocycles. The summed E-state index contributed by atoms with van der Waals surface area (Å²) in [6.45, 7) is 0. The van der Waals surface area contributed by atoms with Crippen LogP contribution >= 0.6 is 0 Å². The van der Waals surface area contributed by atoms with Crippen LogP contribution < -0.4 is 0 Å². The third-order valence-electron chi connectivity index (χ3n) is 3.02. The average molecular weight is 202 g/mol. The van der Waals surface area contributed by atoms with Gasteiger partial charge in [-0.2, -0.15) is 5.26 Å². The summed E-state index contributed by atoms with van der Waals surface area (Å²) in [6.07, 6.45) is 6.73. The van der Waals surface area contributed by atoms with Gasteiger partial charge >= 0.3 is 0 Å². The smallest absolute Gasteiger partial charge is 0.141 e. The van der Waals surface area contributed by atoms with Crippen molar-refractivity contribution in [1.29, 1.82) is 5.26 Å². The van der Waals surface area contributed by atoms with Gasteiger partial charge in [0.25, 0.3) is 0 Å². The Bertz CT molecular complexity index is 386. The summed E-state index contributed by atoms with van der Waals surface area (Å²) in [5, 5.41) is 8.62. The highest BCUT2D eigenvalue weighted by Crippen LogP contribution is 2.32. The van der Waals surface area contributed by atoms with Crippen molar-refractivity contribution in [2.75, 3.05) is 0 Å². The van der Waals surface area contributed by atoms with Gasteiger partial charge in [-0.3, -0.25) is 0 Å². The average Bonchev–Trinajstić information content (AvgIpc) is 2.30. The zero-order valence-corrected chi connectivity index (χ0v) is 8.54. The van der Waals surface area contributed by atoms with Crippen molar-refractivity contribution in [3.8, 4) is 6.07 Å². The van der Waals surface area contributed by atoms with Crippen LogP contribution in [0.15, 0.2) is 18.2 Å². The molecule has 1 saturated carbocycles. The molecule has 0 bridgehead atoms. The fourth-order valence-corrected chi connectivity index (χ4v) is 2.14. The minimum Gasteiger partial charge on any atom is -0.206 e. The number of hydrogen-bond acceptors (Lipinski definition) is 1. The molecule has 77 valence electrons. The first kappa shape index (κ1) is 10.2. The van der Waals surface area contributed by atoms with Crippen molar-refractivity contribution < 1.29 is 4.39 Å². The molecule has 1 aliphatic carbocycles. The molecule has 0 unspecified atom stereocenters. The highest BCUT2D eigenvalue weighted by atomic mass is 19.1. The Hall–Kier alpha value is -1.36. The van der Waals surface area contributed by atoms with Gasteiger partial charge in [0.15, 0.2) is 0 Å². The van der Waals surface area contributed by atoms with E-state index in [4.69, 9.17) is 5.26 Å². The highest BCUT2D eigenvalue weighted by molar-refractivity contribution is 5.34. The van der Waals surface area contributed by atoms with Gasteiger partial charge < -0.3 is 0 Å². The molecule has 0 heterocycles. The maximum absolute atomic E-state index is 13.4. The number of hydrogen-bond donors (Lipinski definition) is 0. The van der Waals surface area contributed by atoms with E-state index in [1.807, 2.05) is 12.1 Å². The molecule has 1 radical (unpaired) electrons. The molecule has 1 aliphatic rings. The van der Waals surface area contributed by atoms with Crippen LogP contribution in [0.1, 0.15) is 42.7 Å². The summed E-state index contributed by atoms with van der Waals surface area (Å²) in [7, 11) is 0. The van der Waals surface area contributed by atoms with Crippen LogP contribution in [0.2, 0.25) is 0 Å². The molecule has 2 heteroatoms. The standard InChI is InChI=1S/C13H13FN/c14-13-8-11(6-7-12(13)9-15)10-4-2-1-3-5-10/h1,6-8,10H,2-5H2. The molecule has 0 N–H and O–H groups in total. The summed E-state index contributed by atoms with van der Waals surface area (Å²) in [4.78, 5) is 0. The van der Waals surface area contributed by atoms with E-state index < -0.39 is 0 Å². The summed E-state index contributed by atoms with van der Waals surface area (Å²) in [5.41, 5.74) is 1.18. The summed E-state index contributed by atoms with van der Waals surface area (Å²) in [6, 6.07) is 6.84. The van der Waals surface area contributed by atoms with E-state index in [9.17, 15) is 4.39 Å². The summed E-state index contributed by atoms with van der Waals surface area (Å²) in [5.74, 6) is 0.0850. The Labute approximate surface area is 89.5 Å². The van der Waals surface area contributed by atoms with Crippen molar-refractivity contribution in [2.24, 2.45) is 0 Å². The van der Waals surface area contributed by atoms with Crippen molar-refractivity contribution in [3.05, 3.63) is 41.6 Å². The van der Waals surface area contributed by atoms with Gasteiger partial charge in [-0.05, 0) is 55.7 Å². The molecule has 0 amide bonds. The molecule has 1 nitrogen and oxygen atoms in total. The maximum Gasteiger partial charge on any atom is 0.141 e. The normalized spacial score (nSPS) is 17.3. The minimum atomic E-state index is -0.385. The van der Waals surface area contributed by atoms with Gasteiger partial charge in [0.05, 0.1) is 5.56 Å². The number of rotatable bonds is 1. The molecule has 0 aliphatic heterocycles. The first-order chi connectivity index (χ1) is 7.31. The lowest BCUT2D eigenvalue weighted by Gasteiger charge is -2.21. The monoisotopic (exact) mass is 202 g/mol. The second-order valence-corrected chi connectivity index (χ2v) is 3.99. The van der Waals surface area contributed by atoms with Crippen molar-refractivity contribution >= 4 is 0 Å². The molecule has 1 aromatic rings. The molecule has 2 rings (SSSR count). The Morgan fingerprint density at radius 1 is 1.27 bits per heavy atom. The zero-order valence-electron chi connectivity index (χ0n) is 8.54. The minimum absolute atomic E-state index is 0.140. The SMILES string of the molecule is N#Cc1ccc(C2CC[CH]CC2)cc1F. The van der Waals surface area contributed by atoms with Crippen LogP contribution in [0.25, 0.3) is 0 Å². The topological polar surface area (TPSA) is 23.8 Å². The largest absolute Gasteiger partial charge is 0.206 e. The summed E-state index contributed by atoms with van der Waals surface area (Å²) >= 11 is 0.